The van der Waals surface area contributed by atoms with Gasteiger partial charge in [-0.05, 0) is 33.2 Å². The summed E-state index contributed by atoms with van der Waals surface area (Å²) in [6, 6.07) is 0.246. The molecule has 1 saturated heterocycles. The topological polar surface area (TPSA) is 59.0 Å². The minimum absolute atomic E-state index is 0.00167. The number of hydrogen-bond acceptors (Lipinski definition) is 3. The first-order chi connectivity index (χ1) is 8.09. The molecule has 1 aromatic rings. The van der Waals surface area contributed by atoms with E-state index in [1.54, 1.807) is 4.68 Å². The Kier molecular flexibility index (Phi) is 3.47. The zero-order valence-electron chi connectivity index (χ0n) is 10.7. The lowest BCUT2D eigenvalue weighted by atomic mass is 10.1. The summed E-state index contributed by atoms with van der Waals surface area (Å²) in [5.74, 6) is 0.00167. The fourth-order valence-corrected chi connectivity index (χ4v) is 2.33. The number of nitrogens with one attached hydrogen (secondary N) is 2. The van der Waals surface area contributed by atoms with Crippen LogP contribution in [-0.2, 0) is 7.05 Å². The molecule has 0 aromatic carbocycles. The number of amides is 1. The third kappa shape index (κ3) is 2.49. The Balaban J connectivity index is 2.08. The maximum Gasteiger partial charge on any atom is 0.255 e. The Morgan fingerprint density at radius 2 is 2.29 bits per heavy atom. The average Bonchev–Trinajstić information content (AvgIpc) is 2.54. The number of carbonyl (C=O) groups excluding carboxylic acids is 1. The molecule has 2 rings (SSSR count). The van der Waals surface area contributed by atoms with E-state index < -0.39 is 0 Å². The van der Waals surface area contributed by atoms with Gasteiger partial charge in [-0.25, -0.2) is 0 Å². The van der Waals surface area contributed by atoms with E-state index in [9.17, 15) is 4.79 Å². The van der Waals surface area contributed by atoms with Crippen LogP contribution >= 0.6 is 0 Å². The number of aryl methyl sites for hydroxylation is 2. The Bertz CT molecular complexity index is 418. The lowest BCUT2D eigenvalue weighted by Gasteiger charge is -2.23. The van der Waals surface area contributed by atoms with Crippen molar-refractivity contribution in [3.63, 3.8) is 0 Å². The van der Waals surface area contributed by atoms with Gasteiger partial charge in [0.1, 0.15) is 0 Å². The highest BCUT2D eigenvalue weighted by atomic mass is 16.1. The van der Waals surface area contributed by atoms with E-state index in [0.717, 1.165) is 42.9 Å². The fraction of sp³-hybridized carbons (Fsp3) is 0.667. The molecule has 94 valence electrons. The Hall–Kier alpha value is -1.36. The molecule has 0 saturated carbocycles. The van der Waals surface area contributed by atoms with Crippen molar-refractivity contribution in [2.45, 2.75) is 32.7 Å². The lowest BCUT2D eigenvalue weighted by Crippen LogP contribution is -2.45. The van der Waals surface area contributed by atoms with Crippen molar-refractivity contribution in [3.05, 3.63) is 17.0 Å². The number of rotatable bonds is 2. The van der Waals surface area contributed by atoms with Gasteiger partial charge >= 0.3 is 0 Å². The van der Waals surface area contributed by atoms with E-state index >= 15 is 0 Å². The Morgan fingerprint density at radius 1 is 1.53 bits per heavy atom. The first-order valence-electron chi connectivity index (χ1n) is 6.11. The molecule has 0 bridgehead atoms. The van der Waals surface area contributed by atoms with Crippen molar-refractivity contribution in [2.75, 3.05) is 13.1 Å². The Labute approximate surface area is 102 Å². The van der Waals surface area contributed by atoms with Crippen LogP contribution in [0.4, 0.5) is 0 Å². The van der Waals surface area contributed by atoms with Crippen LogP contribution in [0.1, 0.15) is 34.6 Å². The number of aromatic nitrogens is 2. The van der Waals surface area contributed by atoms with E-state index in [0.29, 0.717) is 0 Å². The predicted molar refractivity (Wildman–Crippen MR) is 66.0 cm³/mol. The van der Waals surface area contributed by atoms with Crippen LogP contribution in [0, 0.1) is 13.8 Å². The molecular formula is C12H20N4O. The first-order valence-corrected chi connectivity index (χ1v) is 6.11. The zero-order valence-corrected chi connectivity index (χ0v) is 10.7. The molecule has 1 aliphatic heterocycles. The summed E-state index contributed by atoms with van der Waals surface area (Å²) < 4.78 is 1.75. The number of piperidine rings is 1. The highest BCUT2D eigenvalue weighted by molar-refractivity contribution is 5.96. The molecule has 1 unspecified atom stereocenters. The summed E-state index contributed by atoms with van der Waals surface area (Å²) in [7, 11) is 1.86. The van der Waals surface area contributed by atoms with Crippen LogP contribution in [0.15, 0.2) is 0 Å². The smallest absolute Gasteiger partial charge is 0.255 e. The van der Waals surface area contributed by atoms with Crippen LogP contribution in [0.3, 0.4) is 0 Å². The van der Waals surface area contributed by atoms with Crippen LogP contribution in [-0.4, -0.2) is 34.8 Å². The molecule has 2 heterocycles. The minimum atomic E-state index is 0.00167. The van der Waals surface area contributed by atoms with E-state index in [-0.39, 0.29) is 11.9 Å². The van der Waals surface area contributed by atoms with Gasteiger partial charge in [-0.1, -0.05) is 0 Å². The van der Waals surface area contributed by atoms with Gasteiger partial charge in [0, 0.05) is 25.3 Å². The lowest BCUT2D eigenvalue weighted by molar-refractivity contribution is 0.0929. The van der Waals surface area contributed by atoms with Crippen LogP contribution in [0.5, 0.6) is 0 Å². The third-order valence-corrected chi connectivity index (χ3v) is 3.37. The molecule has 2 N–H and O–H groups in total. The van der Waals surface area contributed by atoms with Crippen LogP contribution in [0.2, 0.25) is 0 Å². The van der Waals surface area contributed by atoms with Crippen molar-refractivity contribution in [1.82, 2.24) is 20.4 Å². The van der Waals surface area contributed by atoms with E-state index in [2.05, 4.69) is 15.7 Å². The summed E-state index contributed by atoms with van der Waals surface area (Å²) in [6.45, 7) is 5.72. The van der Waals surface area contributed by atoms with Crippen molar-refractivity contribution >= 4 is 5.91 Å². The van der Waals surface area contributed by atoms with Gasteiger partial charge in [-0.15, -0.1) is 0 Å². The normalized spacial score (nSPS) is 20.3. The van der Waals surface area contributed by atoms with Crippen molar-refractivity contribution in [3.8, 4) is 0 Å². The second-order valence-electron chi connectivity index (χ2n) is 4.69. The summed E-state index contributed by atoms with van der Waals surface area (Å²) in [4.78, 5) is 12.2. The second-order valence-corrected chi connectivity index (χ2v) is 4.69. The minimum Gasteiger partial charge on any atom is -0.348 e. The van der Waals surface area contributed by atoms with Gasteiger partial charge in [0.25, 0.3) is 5.91 Å². The highest BCUT2D eigenvalue weighted by Gasteiger charge is 2.21. The van der Waals surface area contributed by atoms with Gasteiger partial charge in [-0.2, -0.15) is 5.10 Å². The molecular weight excluding hydrogens is 216 g/mol. The molecule has 1 aliphatic rings. The predicted octanol–water partition coefficient (Wildman–Crippen LogP) is 0.519. The first kappa shape index (κ1) is 12.1. The molecule has 1 fully saturated rings. The van der Waals surface area contributed by atoms with Crippen LogP contribution in [0.25, 0.3) is 0 Å². The van der Waals surface area contributed by atoms with Gasteiger partial charge in [0.05, 0.1) is 11.3 Å². The van der Waals surface area contributed by atoms with Crippen molar-refractivity contribution < 1.29 is 4.79 Å². The maximum absolute atomic E-state index is 12.2. The molecule has 1 atom stereocenters. The van der Waals surface area contributed by atoms with Crippen molar-refractivity contribution in [2.24, 2.45) is 7.05 Å². The van der Waals surface area contributed by atoms with Gasteiger partial charge in [-0.3, -0.25) is 9.48 Å². The summed E-state index contributed by atoms with van der Waals surface area (Å²) in [5, 5.41) is 10.6. The number of nitrogens with zero attached hydrogens (tertiary/aromatic N) is 2. The quantitative estimate of drug-likeness (QED) is 0.787. The zero-order chi connectivity index (χ0) is 12.4. The molecule has 0 spiro atoms. The monoisotopic (exact) mass is 236 g/mol. The molecule has 17 heavy (non-hydrogen) atoms. The number of carbonyl (C=O) groups is 1. The van der Waals surface area contributed by atoms with Gasteiger partial charge in [0.15, 0.2) is 0 Å². The standard InChI is InChI=1S/C12H20N4O/c1-8-11(9(2)16(3)15-8)12(17)14-10-5-4-6-13-7-10/h10,13H,4-7H2,1-3H3,(H,14,17). The maximum atomic E-state index is 12.2. The molecule has 0 radical (unpaired) electrons. The molecule has 1 amide bonds. The molecule has 0 aliphatic carbocycles. The SMILES string of the molecule is Cc1nn(C)c(C)c1C(=O)NC1CCCNC1. The Morgan fingerprint density at radius 3 is 2.82 bits per heavy atom. The van der Waals surface area contributed by atoms with E-state index in [1.807, 2.05) is 20.9 Å². The van der Waals surface area contributed by atoms with Gasteiger partial charge < -0.3 is 10.6 Å². The largest absolute Gasteiger partial charge is 0.348 e. The second kappa shape index (κ2) is 4.87. The average molecular weight is 236 g/mol. The summed E-state index contributed by atoms with van der Waals surface area (Å²) in [6.07, 6.45) is 2.17. The highest BCUT2D eigenvalue weighted by Crippen LogP contribution is 2.12. The van der Waals surface area contributed by atoms with Crippen LogP contribution < -0.4 is 10.6 Å². The summed E-state index contributed by atoms with van der Waals surface area (Å²) in [5.41, 5.74) is 2.44. The van der Waals surface area contributed by atoms with Gasteiger partial charge in [0.2, 0.25) is 0 Å². The molecule has 1 aromatic heterocycles. The van der Waals surface area contributed by atoms with E-state index in [4.69, 9.17) is 0 Å². The van der Waals surface area contributed by atoms with Crippen molar-refractivity contribution in [1.29, 1.82) is 0 Å². The molecule has 5 heteroatoms. The third-order valence-electron chi connectivity index (χ3n) is 3.37. The van der Waals surface area contributed by atoms with E-state index in [1.165, 1.54) is 0 Å². The number of hydrogen-bond donors (Lipinski definition) is 2. The summed E-state index contributed by atoms with van der Waals surface area (Å²) >= 11 is 0. The molecule has 5 nitrogen and oxygen atoms in total. The fourth-order valence-electron chi connectivity index (χ4n) is 2.33.